The Bertz CT molecular complexity index is 599. The number of nitrogens with zero attached hydrogens (tertiary/aromatic N) is 1. The average Bonchev–Trinajstić information content (AvgIpc) is 2.51. The van der Waals surface area contributed by atoms with Crippen LogP contribution in [0.1, 0.15) is 26.3 Å². The number of nitrogens with one attached hydrogen (secondary N) is 2. The van der Waals surface area contributed by atoms with E-state index in [1.807, 2.05) is 0 Å². The maximum Gasteiger partial charge on any atom is 0.407 e. The zero-order chi connectivity index (χ0) is 18.9. The molecular weight excluding hydrogens is 325 g/mol. The first-order chi connectivity index (χ1) is 11.7. The Morgan fingerprint density at radius 3 is 2.48 bits per heavy atom. The number of ether oxygens (including phenoxy) is 1. The summed E-state index contributed by atoms with van der Waals surface area (Å²) in [5, 5.41) is 5.22. The van der Waals surface area contributed by atoms with Gasteiger partial charge >= 0.3 is 12.1 Å². The average molecular weight is 351 g/mol. The second-order valence-corrected chi connectivity index (χ2v) is 6.42. The van der Waals surface area contributed by atoms with Crippen LogP contribution in [-0.4, -0.2) is 42.3 Å². The smallest absolute Gasteiger partial charge is 0.407 e. The number of alkyl carbamates (subject to hydrolysis) is 1. The fourth-order valence-corrected chi connectivity index (χ4v) is 1.97. The number of rotatable bonds is 7. The molecule has 0 heterocycles. The number of hydrogen-bond donors (Lipinski definition) is 2. The molecule has 7 heteroatoms. The van der Waals surface area contributed by atoms with E-state index in [4.69, 9.17) is 4.74 Å². The van der Waals surface area contributed by atoms with Crippen molar-refractivity contribution in [3.8, 4) is 0 Å². The van der Waals surface area contributed by atoms with E-state index in [0.29, 0.717) is 5.56 Å². The van der Waals surface area contributed by atoms with Crippen molar-refractivity contribution >= 4 is 12.1 Å². The number of carbonyl (C=O) groups is 2. The fraction of sp³-hybridized carbons (Fsp3) is 0.444. The first kappa shape index (κ1) is 20.5. The van der Waals surface area contributed by atoms with E-state index in [1.165, 1.54) is 11.0 Å². The van der Waals surface area contributed by atoms with E-state index >= 15 is 0 Å². The Morgan fingerprint density at radius 1 is 1.24 bits per heavy atom. The molecule has 25 heavy (non-hydrogen) atoms. The Morgan fingerprint density at radius 2 is 1.88 bits per heavy atom. The number of benzene rings is 1. The lowest BCUT2D eigenvalue weighted by molar-refractivity contribution is 0.0528. The molecule has 0 saturated carbocycles. The van der Waals surface area contributed by atoms with Gasteiger partial charge in [0.1, 0.15) is 11.4 Å². The number of carbonyl (C=O) groups excluding carboxylic acids is 2. The lowest BCUT2D eigenvalue weighted by atomic mass is 10.2. The number of halogens is 1. The fourth-order valence-electron chi connectivity index (χ4n) is 1.97. The summed E-state index contributed by atoms with van der Waals surface area (Å²) in [6.45, 7) is 9.77. The van der Waals surface area contributed by atoms with Crippen LogP contribution in [0.2, 0.25) is 0 Å². The third kappa shape index (κ3) is 8.19. The van der Waals surface area contributed by atoms with Crippen LogP contribution in [0, 0.1) is 5.82 Å². The van der Waals surface area contributed by atoms with Crippen LogP contribution in [0.25, 0.3) is 0 Å². The predicted octanol–water partition coefficient (Wildman–Crippen LogP) is 3.05. The zero-order valence-corrected chi connectivity index (χ0v) is 15.0. The third-order valence-corrected chi connectivity index (χ3v) is 3.03. The molecule has 0 spiro atoms. The first-order valence-electron chi connectivity index (χ1n) is 8.07. The van der Waals surface area contributed by atoms with Crippen LogP contribution in [0.4, 0.5) is 14.0 Å². The summed E-state index contributed by atoms with van der Waals surface area (Å²) in [7, 11) is 0. The van der Waals surface area contributed by atoms with Crippen molar-refractivity contribution in [2.24, 2.45) is 0 Å². The van der Waals surface area contributed by atoms with E-state index in [2.05, 4.69) is 17.2 Å². The van der Waals surface area contributed by atoms with Gasteiger partial charge in [0.05, 0.1) is 6.54 Å². The van der Waals surface area contributed by atoms with Gasteiger partial charge in [0.25, 0.3) is 0 Å². The van der Waals surface area contributed by atoms with Gasteiger partial charge in [0.15, 0.2) is 0 Å². The number of hydrogen-bond acceptors (Lipinski definition) is 3. The molecule has 1 rings (SSSR count). The third-order valence-electron chi connectivity index (χ3n) is 3.03. The van der Waals surface area contributed by atoms with Gasteiger partial charge in [-0.2, -0.15) is 0 Å². The van der Waals surface area contributed by atoms with Gasteiger partial charge in [-0.25, -0.2) is 14.0 Å². The van der Waals surface area contributed by atoms with Crippen LogP contribution >= 0.6 is 0 Å². The van der Waals surface area contributed by atoms with Crippen molar-refractivity contribution in [3.63, 3.8) is 0 Å². The molecule has 0 atom stereocenters. The largest absolute Gasteiger partial charge is 0.444 e. The predicted molar refractivity (Wildman–Crippen MR) is 94.6 cm³/mol. The highest BCUT2D eigenvalue weighted by atomic mass is 19.1. The van der Waals surface area contributed by atoms with Crippen molar-refractivity contribution in [2.45, 2.75) is 32.9 Å². The van der Waals surface area contributed by atoms with Crippen molar-refractivity contribution in [1.82, 2.24) is 15.5 Å². The van der Waals surface area contributed by atoms with Gasteiger partial charge in [-0.05, 0) is 26.8 Å². The molecule has 0 aliphatic carbocycles. The molecule has 2 N–H and O–H groups in total. The highest BCUT2D eigenvalue weighted by Gasteiger charge is 2.16. The summed E-state index contributed by atoms with van der Waals surface area (Å²) in [6, 6.07) is 5.92. The first-order valence-corrected chi connectivity index (χ1v) is 8.07. The number of amides is 3. The van der Waals surface area contributed by atoms with Gasteiger partial charge in [-0.3, -0.25) is 0 Å². The van der Waals surface area contributed by atoms with Crippen molar-refractivity contribution in [2.75, 3.05) is 19.6 Å². The lowest BCUT2D eigenvalue weighted by Gasteiger charge is -2.22. The second-order valence-electron chi connectivity index (χ2n) is 6.42. The SMILES string of the molecule is C=CCN(Cc1ccccc1F)C(=O)NCCNC(=O)OC(C)(C)C. The Balaban J connectivity index is 2.45. The van der Waals surface area contributed by atoms with Crippen LogP contribution in [-0.2, 0) is 11.3 Å². The highest BCUT2D eigenvalue weighted by Crippen LogP contribution is 2.10. The maximum absolute atomic E-state index is 13.7. The van der Waals surface area contributed by atoms with Crippen LogP contribution in [0.15, 0.2) is 36.9 Å². The van der Waals surface area contributed by atoms with E-state index in [0.717, 1.165) is 0 Å². The normalized spacial score (nSPS) is 10.7. The Labute approximate surface area is 148 Å². The van der Waals surface area contributed by atoms with Gasteiger partial charge in [-0.1, -0.05) is 24.3 Å². The topological polar surface area (TPSA) is 70.7 Å². The molecule has 1 aromatic carbocycles. The number of urea groups is 1. The molecule has 0 saturated heterocycles. The summed E-state index contributed by atoms with van der Waals surface area (Å²) in [4.78, 5) is 25.2. The van der Waals surface area contributed by atoms with Crippen molar-refractivity contribution < 1.29 is 18.7 Å². The van der Waals surface area contributed by atoms with Gasteiger partial charge in [0, 0.05) is 25.2 Å². The lowest BCUT2D eigenvalue weighted by Crippen LogP contribution is -2.43. The van der Waals surface area contributed by atoms with E-state index < -0.39 is 11.7 Å². The minimum atomic E-state index is -0.576. The molecule has 138 valence electrons. The highest BCUT2D eigenvalue weighted by molar-refractivity contribution is 5.74. The summed E-state index contributed by atoms with van der Waals surface area (Å²) < 4.78 is 18.8. The van der Waals surface area contributed by atoms with Gasteiger partial charge in [-0.15, -0.1) is 6.58 Å². The van der Waals surface area contributed by atoms with Crippen LogP contribution in [0.5, 0.6) is 0 Å². The van der Waals surface area contributed by atoms with Crippen LogP contribution in [0.3, 0.4) is 0 Å². The monoisotopic (exact) mass is 351 g/mol. The summed E-state index contributed by atoms with van der Waals surface area (Å²) >= 11 is 0. The van der Waals surface area contributed by atoms with Crippen LogP contribution < -0.4 is 10.6 Å². The van der Waals surface area contributed by atoms with Gasteiger partial charge < -0.3 is 20.3 Å². The van der Waals surface area contributed by atoms with E-state index in [1.54, 1.807) is 45.0 Å². The zero-order valence-electron chi connectivity index (χ0n) is 15.0. The summed E-state index contributed by atoms with van der Waals surface area (Å²) in [6.07, 6.45) is 1.02. The molecule has 0 aliphatic rings. The minimum Gasteiger partial charge on any atom is -0.444 e. The molecule has 0 aromatic heterocycles. The summed E-state index contributed by atoms with van der Waals surface area (Å²) in [5.41, 5.74) is -0.153. The van der Waals surface area contributed by atoms with Gasteiger partial charge in [0.2, 0.25) is 0 Å². The second kappa shape index (κ2) is 9.66. The molecular formula is C18H26FN3O3. The molecule has 0 bridgehead atoms. The minimum absolute atomic E-state index is 0.129. The quantitative estimate of drug-likeness (QED) is 0.586. The summed E-state index contributed by atoms with van der Waals surface area (Å²) in [5.74, 6) is -0.365. The maximum atomic E-state index is 13.7. The molecule has 1 aromatic rings. The molecule has 3 amide bonds. The molecule has 0 aliphatic heterocycles. The van der Waals surface area contributed by atoms with Crippen molar-refractivity contribution in [3.05, 3.63) is 48.3 Å². The van der Waals surface area contributed by atoms with Crippen molar-refractivity contribution in [1.29, 1.82) is 0 Å². The van der Waals surface area contributed by atoms with E-state index in [9.17, 15) is 14.0 Å². The molecule has 0 unspecified atom stereocenters. The molecule has 6 nitrogen and oxygen atoms in total. The molecule has 0 fully saturated rings. The standard InChI is InChI=1S/C18H26FN3O3/c1-5-12-22(13-14-8-6-7-9-15(14)19)16(23)20-10-11-21-17(24)25-18(2,3)4/h5-9H,1,10-13H2,2-4H3,(H,20,23)(H,21,24). The Kier molecular flexibility index (Phi) is 7.91. The van der Waals surface area contributed by atoms with E-state index in [-0.39, 0.29) is 38.0 Å². The molecule has 0 radical (unpaired) electrons. The Hall–Kier alpha value is -2.57.